The molecule has 2 aromatic carbocycles. The third-order valence-corrected chi connectivity index (χ3v) is 3.35. The van der Waals surface area contributed by atoms with Crippen LogP contribution in [-0.4, -0.2) is 11.8 Å². The molecular formula is C16H13FN2O2. The Hall–Kier alpha value is -2.69. The summed E-state index contributed by atoms with van der Waals surface area (Å²) in [5.74, 6) is -0.722. The van der Waals surface area contributed by atoms with Gasteiger partial charge in [0.25, 0.3) is 5.91 Å². The fourth-order valence-electron chi connectivity index (χ4n) is 2.29. The summed E-state index contributed by atoms with van der Waals surface area (Å²) in [5.41, 5.74) is 2.57. The van der Waals surface area contributed by atoms with Crippen LogP contribution in [-0.2, 0) is 11.2 Å². The Morgan fingerprint density at radius 3 is 2.81 bits per heavy atom. The van der Waals surface area contributed by atoms with E-state index >= 15 is 0 Å². The van der Waals surface area contributed by atoms with Gasteiger partial charge in [-0.1, -0.05) is 6.07 Å². The molecule has 0 saturated carbocycles. The molecule has 0 bridgehead atoms. The van der Waals surface area contributed by atoms with E-state index in [0.29, 0.717) is 24.1 Å². The van der Waals surface area contributed by atoms with Gasteiger partial charge in [-0.15, -0.1) is 0 Å². The van der Waals surface area contributed by atoms with Gasteiger partial charge in [0.1, 0.15) is 5.82 Å². The van der Waals surface area contributed by atoms with Crippen molar-refractivity contribution in [3.8, 4) is 0 Å². The number of benzene rings is 2. The van der Waals surface area contributed by atoms with Gasteiger partial charge in [0, 0.05) is 23.4 Å². The topological polar surface area (TPSA) is 58.2 Å². The van der Waals surface area contributed by atoms with Crippen LogP contribution in [0.1, 0.15) is 22.3 Å². The molecule has 0 saturated heterocycles. The summed E-state index contributed by atoms with van der Waals surface area (Å²) >= 11 is 0. The second-order valence-corrected chi connectivity index (χ2v) is 4.88. The standard InChI is InChI=1S/C16H13FN2O2/c17-12-2-1-3-13(9-12)18-16(21)11-4-6-14-10(8-11)5-7-15(20)19-14/h1-4,6,8-9H,5,7H2,(H,18,21)(H,19,20). The lowest BCUT2D eigenvalue weighted by molar-refractivity contribution is -0.116. The molecule has 2 amide bonds. The molecule has 1 heterocycles. The highest BCUT2D eigenvalue weighted by Gasteiger charge is 2.16. The Morgan fingerprint density at radius 1 is 1.14 bits per heavy atom. The molecule has 106 valence electrons. The first-order valence-electron chi connectivity index (χ1n) is 6.61. The molecular weight excluding hydrogens is 271 g/mol. The van der Waals surface area contributed by atoms with Crippen LogP contribution in [0.2, 0.25) is 0 Å². The van der Waals surface area contributed by atoms with Crippen molar-refractivity contribution >= 4 is 23.2 Å². The number of carbonyl (C=O) groups excluding carboxylic acids is 2. The van der Waals surface area contributed by atoms with E-state index in [4.69, 9.17) is 0 Å². The smallest absolute Gasteiger partial charge is 0.255 e. The first-order valence-corrected chi connectivity index (χ1v) is 6.61. The van der Waals surface area contributed by atoms with Crippen LogP contribution in [0, 0.1) is 5.82 Å². The molecule has 0 fully saturated rings. The molecule has 0 aromatic heterocycles. The largest absolute Gasteiger partial charge is 0.326 e. The maximum Gasteiger partial charge on any atom is 0.255 e. The van der Waals surface area contributed by atoms with Crippen LogP contribution in [0.4, 0.5) is 15.8 Å². The third kappa shape index (κ3) is 2.91. The highest BCUT2D eigenvalue weighted by atomic mass is 19.1. The van der Waals surface area contributed by atoms with Gasteiger partial charge in [0.15, 0.2) is 0 Å². The molecule has 0 atom stereocenters. The first-order chi connectivity index (χ1) is 10.1. The number of amides is 2. The number of aryl methyl sites for hydroxylation is 1. The maximum absolute atomic E-state index is 13.1. The van der Waals surface area contributed by atoms with Crippen molar-refractivity contribution in [2.24, 2.45) is 0 Å². The van der Waals surface area contributed by atoms with Crippen LogP contribution in [0.25, 0.3) is 0 Å². The Morgan fingerprint density at radius 2 is 2.00 bits per heavy atom. The molecule has 1 aliphatic rings. The average molecular weight is 284 g/mol. The molecule has 2 aromatic rings. The molecule has 2 N–H and O–H groups in total. The van der Waals surface area contributed by atoms with Crippen LogP contribution in [0.15, 0.2) is 42.5 Å². The molecule has 0 radical (unpaired) electrons. The van der Waals surface area contributed by atoms with E-state index in [0.717, 1.165) is 11.3 Å². The van der Waals surface area contributed by atoms with Gasteiger partial charge in [-0.05, 0) is 48.4 Å². The van der Waals surface area contributed by atoms with Gasteiger partial charge in [-0.3, -0.25) is 9.59 Å². The monoisotopic (exact) mass is 284 g/mol. The van der Waals surface area contributed by atoms with Crippen LogP contribution < -0.4 is 10.6 Å². The van der Waals surface area contributed by atoms with Crippen molar-refractivity contribution in [2.45, 2.75) is 12.8 Å². The van der Waals surface area contributed by atoms with E-state index in [1.165, 1.54) is 18.2 Å². The van der Waals surface area contributed by atoms with E-state index < -0.39 is 5.82 Å². The van der Waals surface area contributed by atoms with Crippen molar-refractivity contribution in [1.82, 2.24) is 0 Å². The van der Waals surface area contributed by atoms with Gasteiger partial charge in [0.05, 0.1) is 0 Å². The molecule has 3 rings (SSSR count). The van der Waals surface area contributed by atoms with Gasteiger partial charge < -0.3 is 10.6 Å². The first kappa shape index (κ1) is 13.3. The summed E-state index contributed by atoms with van der Waals surface area (Å²) in [6, 6.07) is 10.8. The Kier molecular flexibility index (Phi) is 3.39. The second kappa shape index (κ2) is 5.36. The summed E-state index contributed by atoms with van der Waals surface area (Å²) in [6.07, 6.45) is 1.03. The van der Waals surface area contributed by atoms with Crippen LogP contribution >= 0.6 is 0 Å². The van der Waals surface area contributed by atoms with E-state index in [1.807, 2.05) is 0 Å². The van der Waals surface area contributed by atoms with E-state index in [9.17, 15) is 14.0 Å². The lowest BCUT2D eigenvalue weighted by atomic mass is 10.00. The molecule has 0 spiro atoms. The number of hydrogen-bond acceptors (Lipinski definition) is 2. The highest BCUT2D eigenvalue weighted by molar-refractivity contribution is 6.05. The predicted octanol–water partition coefficient (Wildman–Crippen LogP) is 2.96. The predicted molar refractivity (Wildman–Crippen MR) is 77.7 cm³/mol. The van der Waals surface area contributed by atoms with Crippen molar-refractivity contribution in [3.05, 3.63) is 59.4 Å². The van der Waals surface area contributed by atoms with E-state index in [-0.39, 0.29) is 11.8 Å². The van der Waals surface area contributed by atoms with Crippen molar-refractivity contribution in [2.75, 3.05) is 10.6 Å². The van der Waals surface area contributed by atoms with Crippen LogP contribution in [0.3, 0.4) is 0 Å². The SMILES string of the molecule is O=C1CCc2cc(C(=O)Nc3cccc(F)c3)ccc2N1. The Bertz CT molecular complexity index is 728. The zero-order valence-electron chi connectivity index (χ0n) is 11.2. The minimum absolute atomic E-state index is 0.0144. The van der Waals surface area contributed by atoms with Crippen molar-refractivity contribution in [1.29, 1.82) is 0 Å². The Labute approximate surface area is 121 Å². The number of fused-ring (bicyclic) bond motifs is 1. The summed E-state index contributed by atoms with van der Waals surface area (Å²) in [7, 11) is 0. The molecule has 21 heavy (non-hydrogen) atoms. The summed E-state index contributed by atoms with van der Waals surface area (Å²) in [4.78, 5) is 23.4. The molecule has 1 aliphatic heterocycles. The molecule has 0 aliphatic carbocycles. The molecule has 4 nitrogen and oxygen atoms in total. The minimum atomic E-state index is -0.402. The number of nitrogens with one attached hydrogen (secondary N) is 2. The van der Waals surface area contributed by atoms with Gasteiger partial charge >= 0.3 is 0 Å². The summed E-state index contributed by atoms with van der Waals surface area (Å²) < 4.78 is 13.1. The quantitative estimate of drug-likeness (QED) is 0.890. The van der Waals surface area contributed by atoms with Crippen molar-refractivity contribution < 1.29 is 14.0 Å². The lowest BCUT2D eigenvalue weighted by Gasteiger charge is -2.17. The van der Waals surface area contributed by atoms with E-state index in [2.05, 4.69) is 10.6 Å². The van der Waals surface area contributed by atoms with Gasteiger partial charge in [0.2, 0.25) is 5.91 Å². The van der Waals surface area contributed by atoms with Crippen LogP contribution in [0.5, 0.6) is 0 Å². The van der Waals surface area contributed by atoms with Crippen molar-refractivity contribution in [3.63, 3.8) is 0 Å². The number of hydrogen-bond donors (Lipinski definition) is 2. The number of carbonyl (C=O) groups is 2. The average Bonchev–Trinajstić information content (AvgIpc) is 2.46. The number of anilines is 2. The summed E-state index contributed by atoms with van der Waals surface area (Å²) in [5, 5.41) is 5.41. The van der Waals surface area contributed by atoms with E-state index in [1.54, 1.807) is 24.3 Å². The zero-order valence-corrected chi connectivity index (χ0v) is 11.2. The highest BCUT2D eigenvalue weighted by Crippen LogP contribution is 2.24. The maximum atomic E-state index is 13.1. The number of halogens is 1. The normalized spacial score (nSPS) is 13.3. The lowest BCUT2D eigenvalue weighted by Crippen LogP contribution is -2.20. The number of rotatable bonds is 2. The zero-order chi connectivity index (χ0) is 14.8. The fourth-order valence-corrected chi connectivity index (χ4v) is 2.29. The second-order valence-electron chi connectivity index (χ2n) is 4.88. The fraction of sp³-hybridized carbons (Fsp3) is 0.125. The van der Waals surface area contributed by atoms with Gasteiger partial charge in [-0.25, -0.2) is 4.39 Å². The molecule has 5 heteroatoms. The summed E-state index contributed by atoms with van der Waals surface area (Å²) in [6.45, 7) is 0. The molecule has 0 unspecified atom stereocenters. The minimum Gasteiger partial charge on any atom is -0.326 e. The Balaban J connectivity index is 1.81. The third-order valence-electron chi connectivity index (χ3n) is 3.35. The van der Waals surface area contributed by atoms with Gasteiger partial charge in [-0.2, -0.15) is 0 Å².